The van der Waals surface area contributed by atoms with Gasteiger partial charge in [0.1, 0.15) is 5.76 Å². The van der Waals surface area contributed by atoms with Crippen LogP contribution in [0.2, 0.25) is 0 Å². The average Bonchev–Trinajstić information content (AvgIpc) is 2.51. The van der Waals surface area contributed by atoms with Crippen LogP contribution in [-0.4, -0.2) is 18.8 Å². The van der Waals surface area contributed by atoms with E-state index in [0.717, 1.165) is 25.5 Å². The second kappa shape index (κ2) is 5.33. The van der Waals surface area contributed by atoms with Crippen LogP contribution >= 0.6 is 0 Å². The van der Waals surface area contributed by atoms with Crippen molar-refractivity contribution in [2.45, 2.75) is 39.8 Å². The zero-order valence-corrected chi connectivity index (χ0v) is 10.1. The minimum Gasteiger partial charge on any atom is -0.468 e. The van der Waals surface area contributed by atoms with Crippen molar-refractivity contribution in [2.24, 2.45) is 0 Å². The predicted octanol–water partition coefficient (Wildman–Crippen LogP) is 2.49. The van der Waals surface area contributed by atoms with Gasteiger partial charge >= 0.3 is 0 Å². The molecule has 0 unspecified atom stereocenters. The zero-order chi connectivity index (χ0) is 11.3. The first-order chi connectivity index (χ1) is 7.05. The summed E-state index contributed by atoms with van der Waals surface area (Å²) in [4.78, 5) is 0. The average molecular weight is 211 g/mol. The number of ether oxygens (including phenoxy) is 1. The van der Waals surface area contributed by atoms with Crippen LogP contribution in [0.25, 0.3) is 0 Å². The molecule has 1 N–H and O–H groups in total. The van der Waals surface area contributed by atoms with Crippen molar-refractivity contribution < 1.29 is 9.15 Å². The Morgan fingerprint density at radius 3 is 2.73 bits per heavy atom. The predicted molar refractivity (Wildman–Crippen MR) is 60.9 cm³/mol. The van der Waals surface area contributed by atoms with Gasteiger partial charge in [0.05, 0.1) is 18.4 Å². The van der Waals surface area contributed by atoms with E-state index in [9.17, 15) is 0 Å². The summed E-state index contributed by atoms with van der Waals surface area (Å²) in [5, 5.41) is 3.33. The van der Waals surface area contributed by atoms with E-state index in [-0.39, 0.29) is 5.60 Å². The molecule has 1 aromatic rings. The van der Waals surface area contributed by atoms with E-state index in [2.05, 4.69) is 19.2 Å². The van der Waals surface area contributed by atoms with Crippen LogP contribution in [0.15, 0.2) is 16.7 Å². The Hall–Kier alpha value is -0.800. The fourth-order valence-electron chi connectivity index (χ4n) is 1.50. The summed E-state index contributed by atoms with van der Waals surface area (Å²) >= 11 is 0. The number of furan rings is 1. The van der Waals surface area contributed by atoms with Crippen molar-refractivity contribution in [1.82, 2.24) is 5.32 Å². The topological polar surface area (TPSA) is 34.4 Å². The molecule has 86 valence electrons. The normalized spacial score (nSPS) is 12.0. The standard InChI is InChI=1S/C12H21NO2/c1-5-15-12(3,4)9-13-8-11-10(2)6-7-14-11/h6-7,13H,5,8-9H2,1-4H3. The van der Waals surface area contributed by atoms with Crippen LogP contribution in [0.1, 0.15) is 32.1 Å². The SMILES string of the molecule is CCOC(C)(C)CNCc1occc1C. The van der Waals surface area contributed by atoms with Gasteiger partial charge in [-0.2, -0.15) is 0 Å². The Labute approximate surface area is 91.8 Å². The second-order valence-corrected chi connectivity index (χ2v) is 4.32. The van der Waals surface area contributed by atoms with Crippen LogP contribution in [0.3, 0.4) is 0 Å². The third-order valence-corrected chi connectivity index (χ3v) is 2.34. The lowest BCUT2D eigenvalue weighted by molar-refractivity contribution is -0.00920. The molecule has 0 bridgehead atoms. The molecule has 1 heterocycles. The highest BCUT2D eigenvalue weighted by Crippen LogP contribution is 2.10. The summed E-state index contributed by atoms with van der Waals surface area (Å²) in [6, 6.07) is 1.98. The second-order valence-electron chi connectivity index (χ2n) is 4.32. The minimum atomic E-state index is -0.116. The highest BCUT2D eigenvalue weighted by molar-refractivity contribution is 5.14. The van der Waals surface area contributed by atoms with E-state index < -0.39 is 0 Å². The Kier molecular flexibility index (Phi) is 4.36. The maximum atomic E-state index is 5.59. The molecule has 0 aliphatic heterocycles. The first kappa shape index (κ1) is 12.3. The van der Waals surface area contributed by atoms with Crippen LogP contribution in [0.4, 0.5) is 0 Å². The van der Waals surface area contributed by atoms with Crippen molar-refractivity contribution in [3.05, 3.63) is 23.7 Å². The minimum absolute atomic E-state index is 0.116. The summed E-state index contributed by atoms with van der Waals surface area (Å²) in [5.41, 5.74) is 1.08. The van der Waals surface area contributed by atoms with Crippen LogP contribution in [-0.2, 0) is 11.3 Å². The molecule has 0 fully saturated rings. The van der Waals surface area contributed by atoms with E-state index in [1.165, 1.54) is 5.56 Å². The molecule has 0 atom stereocenters. The van der Waals surface area contributed by atoms with Gasteiger partial charge in [0.25, 0.3) is 0 Å². The number of hydrogen-bond acceptors (Lipinski definition) is 3. The molecule has 1 aromatic heterocycles. The van der Waals surface area contributed by atoms with Gasteiger partial charge < -0.3 is 14.5 Å². The van der Waals surface area contributed by atoms with E-state index in [1.807, 2.05) is 19.9 Å². The first-order valence-electron chi connectivity index (χ1n) is 5.43. The fourth-order valence-corrected chi connectivity index (χ4v) is 1.50. The lowest BCUT2D eigenvalue weighted by Gasteiger charge is -2.24. The van der Waals surface area contributed by atoms with E-state index in [0.29, 0.717) is 0 Å². The molecule has 0 amide bonds. The molecule has 0 aromatic carbocycles. The van der Waals surface area contributed by atoms with Crippen molar-refractivity contribution in [3.8, 4) is 0 Å². The van der Waals surface area contributed by atoms with E-state index >= 15 is 0 Å². The van der Waals surface area contributed by atoms with Gasteiger partial charge in [0.15, 0.2) is 0 Å². The van der Waals surface area contributed by atoms with Crippen molar-refractivity contribution >= 4 is 0 Å². The van der Waals surface area contributed by atoms with Gasteiger partial charge in [-0.1, -0.05) is 0 Å². The number of rotatable bonds is 6. The van der Waals surface area contributed by atoms with Gasteiger partial charge in [0, 0.05) is 13.2 Å². The van der Waals surface area contributed by atoms with Gasteiger partial charge in [-0.3, -0.25) is 0 Å². The zero-order valence-electron chi connectivity index (χ0n) is 10.1. The van der Waals surface area contributed by atoms with Crippen molar-refractivity contribution in [1.29, 1.82) is 0 Å². The highest BCUT2D eigenvalue weighted by atomic mass is 16.5. The van der Waals surface area contributed by atoms with Gasteiger partial charge in [-0.25, -0.2) is 0 Å². The lowest BCUT2D eigenvalue weighted by Crippen LogP contribution is -2.37. The fraction of sp³-hybridized carbons (Fsp3) is 0.667. The molecule has 0 radical (unpaired) electrons. The smallest absolute Gasteiger partial charge is 0.120 e. The molecule has 0 saturated carbocycles. The maximum absolute atomic E-state index is 5.59. The number of nitrogens with one attached hydrogen (secondary N) is 1. The molecule has 1 rings (SSSR count). The Morgan fingerprint density at radius 2 is 2.20 bits per heavy atom. The molecular weight excluding hydrogens is 190 g/mol. The molecule has 3 heteroatoms. The summed E-state index contributed by atoms with van der Waals surface area (Å²) in [5.74, 6) is 1.00. The highest BCUT2D eigenvalue weighted by Gasteiger charge is 2.16. The van der Waals surface area contributed by atoms with Gasteiger partial charge in [-0.05, 0) is 39.3 Å². The van der Waals surface area contributed by atoms with Gasteiger partial charge in [-0.15, -0.1) is 0 Å². The molecule has 3 nitrogen and oxygen atoms in total. The Morgan fingerprint density at radius 1 is 1.47 bits per heavy atom. The van der Waals surface area contributed by atoms with Gasteiger partial charge in [0.2, 0.25) is 0 Å². The molecule has 0 saturated heterocycles. The molecule has 15 heavy (non-hydrogen) atoms. The quantitative estimate of drug-likeness (QED) is 0.785. The van der Waals surface area contributed by atoms with E-state index in [4.69, 9.17) is 9.15 Å². The monoisotopic (exact) mass is 211 g/mol. The van der Waals surface area contributed by atoms with Crippen LogP contribution in [0, 0.1) is 6.92 Å². The summed E-state index contributed by atoms with van der Waals surface area (Å²) in [6.45, 7) is 10.5. The molecular formula is C12H21NO2. The lowest BCUT2D eigenvalue weighted by atomic mass is 10.1. The van der Waals surface area contributed by atoms with E-state index in [1.54, 1.807) is 6.26 Å². The van der Waals surface area contributed by atoms with Crippen molar-refractivity contribution in [3.63, 3.8) is 0 Å². The van der Waals surface area contributed by atoms with Crippen LogP contribution in [0.5, 0.6) is 0 Å². The maximum Gasteiger partial charge on any atom is 0.120 e. The number of aryl methyl sites for hydroxylation is 1. The van der Waals surface area contributed by atoms with Crippen LogP contribution < -0.4 is 5.32 Å². The number of hydrogen-bond donors (Lipinski definition) is 1. The Bertz CT molecular complexity index is 292. The molecule has 0 spiro atoms. The Balaban J connectivity index is 2.30. The summed E-state index contributed by atoms with van der Waals surface area (Å²) in [6.07, 6.45) is 1.72. The molecule has 0 aliphatic carbocycles. The van der Waals surface area contributed by atoms with Crippen molar-refractivity contribution in [2.75, 3.05) is 13.2 Å². The summed E-state index contributed by atoms with van der Waals surface area (Å²) < 4.78 is 10.9. The first-order valence-corrected chi connectivity index (χ1v) is 5.43. The third-order valence-electron chi connectivity index (χ3n) is 2.34. The third kappa shape index (κ3) is 4.06. The largest absolute Gasteiger partial charge is 0.468 e. The molecule has 0 aliphatic rings. The summed E-state index contributed by atoms with van der Waals surface area (Å²) in [7, 11) is 0.